The van der Waals surface area contributed by atoms with Gasteiger partial charge in [0.2, 0.25) is 5.91 Å². The number of nitrogens with two attached hydrogens (primary N) is 1. The molecule has 0 unspecified atom stereocenters. The summed E-state index contributed by atoms with van der Waals surface area (Å²) >= 11 is 0. The molecule has 3 amide bonds. The van der Waals surface area contributed by atoms with Gasteiger partial charge in [0.15, 0.2) is 0 Å². The summed E-state index contributed by atoms with van der Waals surface area (Å²) in [6.45, 7) is 3.12. The van der Waals surface area contributed by atoms with Gasteiger partial charge in [0, 0.05) is 33.1 Å². The molecule has 0 saturated heterocycles. The molecular formula is C12H24N4O4. The van der Waals surface area contributed by atoms with Gasteiger partial charge >= 0.3 is 12.0 Å². The van der Waals surface area contributed by atoms with Gasteiger partial charge in [-0.15, -0.1) is 0 Å². The Morgan fingerprint density at radius 1 is 1.30 bits per heavy atom. The highest BCUT2D eigenvalue weighted by atomic mass is 16.5. The van der Waals surface area contributed by atoms with E-state index in [1.165, 1.54) is 12.0 Å². The van der Waals surface area contributed by atoms with Gasteiger partial charge in [-0.2, -0.15) is 0 Å². The summed E-state index contributed by atoms with van der Waals surface area (Å²) in [5.74, 6) is -0.666. The normalized spacial score (nSPS) is 11.4. The fraction of sp³-hybridized carbons (Fsp3) is 0.750. The lowest BCUT2D eigenvalue weighted by Gasteiger charge is -2.18. The molecular weight excluding hydrogens is 264 g/mol. The third kappa shape index (κ3) is 7.57. The SMILES string of the molecule is CCNC(=O)NCCN(C)C(=O)CC[C@H](N)C(=O)OC. The van der Waals surface area contributed by atoms with E-state index in [1.54, 1.807) is 7.05 Å². The van der Waals surface area contributed by atoms with E-state index in [0.29, 0.717) is 19.6 Å². The number of carbonyl (C=O) groups excluding carboxylic acids is 3. The minimum absolute atomic E-state index is 0.137. The Kier molecular flexibility index (Phi) is 9.10. The van der Waals surface area contributed by atoms with Gasteiger partial charge in [-0.3, -0.25) is 9.59 Å². The molecule has 0 radical (unpaired) electrons. The van der Waals surface area contributed by atoms with E-state index in [1.807, 2.05) is 6.92 Å². The van der Waals surface area contributed by atoms with Crippen LogP contribution in [0.4, 0.5) is 4.79 Å². The second-order valence-electron chi connectivity index (χ2n) is 4.27. The molecule has 0 rings (SSSR count). The van der Waals surface area contributed by atoms with Crippen molar-refractivity contribution in [3.63, 3.8) is 0 Å². The molecule has 8 heteroatoms. The molecule has 0 fully saturated rings. The van der Waals surface area contributed by atoms with E-state index in [0.717, 1.165) is 0 Å². The summed E-state index contributed by atoms with van der Waals surface area (Å²) in [6, 6.07) is -1.05. The van der Waals surface area contributed by atoms with Crippen molar-refractivity contribution >= 4 is 17.9 Å². The van der Waals surface area contributed by atoms with Gasteiger partial charge in [-0.05, 0) is 13.3 Å². The van der Waals surface area contributed by atoms with E-state index >= 15 is 0 Å². The molecule has 0 saturated carbocycles. The highest BCUT2D eigenvalue weighted by molar-refractivity contribution is 5.79. The van der Waals surface area contributed by atoms with Gasteiger partial charge in [0.1, 0.15) is 6.04 Å². The highest BCUT2D eigenvalue weighted by Crippen LogP contribution is 2.00. The Balaban J connectivity index is 3.87. The smallest absolute Gasteiger partial charge is 0.322 e. The van der Waals surface area contributed by atoms with Crippen LogP contribution in [0.3, 0.4) is 0 Å². The number of amides is 3. The van der Waals surface area contributed by atoms with Crippen molar-refractivity contribution in [2.75, 3.05) is 33.8 Å². The Morgan fingerprint density at radius 3 is 2.50 bits per heavy atom. The third-order valence-corrected chi connectivity index (χ3v) is 2.67. The standard InChI is InChI=1S/C12H24N4O4/c1-4-14-12(19)15-7-8-16(2)10(17)6-5-9(13)11(18)20-3/h9H,4-8,13H2,1-3H3,(H2,14,15,19)/t9-/m0/s1. The number of nitrogens with one attached hydrogen (secondary N) is 2. The quantitative estimate of drug-likeness (QED) is 0.498. The van der Waals surface area contributed by atoms with E-state index in [2.05, 4.69) is 15.4 Å². The number of likely N-dealkylation sites (N-methyl/N-ethyl adjacent to an activating group) is 1. The number of urea groups is 1. The van der Waals surface area contributed by atoms with E-state index in [-0.39, 0.29) is 24.8 Å². The molecule has 4 N–H and O–H groups in total. The van der Waals surface area contributed by atoms with Crippen LogP contribution in [-0.2, 0) is 14.3 Å². The summed E-state index contributed by atoms with van der Waals surface area (Å²) in [5, 5.41) is 5.20. The molecule has 0 bridgehead atoms. The molecule has 0 aromatic heterocycles. The zero-order valence-electron chi connectivity index (χ0n) is 12.3. The number of esters is 1. The van der Waals surface area contributed by atoms with Crippen molar-refractivity contribution in [1.29, 1.82) is 0 Å². The van der Waals surface area contributed by atoms with Crippen LogP contribution in [0, 0.1) is 0 Å². The molecule has 0 heterocycles. The van der Waals surface area contributed by atoms with Gasteiger partial charge in [0.05, 0.1) is 7.11 Å². The molecule has 0 aromatic carbocycles. The lowest BCUT2D eigenvalue weighted by atomic mass is 10.1. The molecule has 0 spiro atoms. The number of methoxy groups -OCH3 is 1. The van der Waals surface area contributed by atoms with Crippen LogP contribution in [0.2, 0.25) is 0 Å². The van der Waals surface area contributed by atoms with Crippen LogP contribution in [0.25, 0.3) is 0 Å². The largest absolute Gasteiger partial charge is 0.468 e. The molecule has 8 nitrogen and oxygen atoms in total. The van der Waals surface area contributed by atoms with Crippen LogP contribution in [0.15, 0.2) is 0 Å². The van der Waals surface area contributed by atoms with Crippen molar-refractivity contribution in [2.24, 2.45) is 5.73 Å². The van der Waals surface area contributed by atoms with Crippen LogP contribution >= 0.6 is 0 Å². The van der Waals surface area contributed by atoms with Crippen molar-refractivity contribution < 1.29 is 19.1 Å². The molecule has 20 heavy (non-hydrogen) atoms. The second kappa shape index (κ2) is 10.0. The monoisotopic (exact) mass is 288 g/mol. The minimum atomic E-state index is -0.786. The van der Waals surface area contributed by atoms with Crippen molar-refractivity contribution in [3.05, 3.63) is 0 Å². The van der Waals surface area contributed by atoms with Crippen LogP contribution in [-0.4, -0.2) is 62.6 Å². The summed E-state index contributed by atoms with van der Waals surface area (Å²) in [4.78, 5) is 35.4. The number of hydrogen-bond donors (Lipinski definition) is 3. The number of rotatable bonds is 8. The second-order valence-corrected chi connectivity index (χ2v) is 4.27. The summed E-state index contributed by atoms with van der Waals surface area (Å²) < 4.78 is 4.48. The van der Waals surface area contributed by atoms with Gasteiger partial charge < -0.3 is 26.0 Å². The molecule has 0 aliphatic rings. The van der Waals surface area contributed by atoms with Gasteiger partial charge in [0.25, 0.3) is 0 Å². The maximum absolute atomic E-state index is 11.7. The predicted octanol–water partition coefficient (Wildman–Crippen LogP) is -0.956. The molecule has 116 valence electrons. The fourth-order valence-corrected chi connectivity index (χ4v) is 1.42. The summed E-state index contributed by atoms with van der Waals surface area (Å²) in [7, 11) is 2.88. The Hall–Kier alpha value is -1.83. The first-order valence-electron chi connectivity index (χ1n) is 6.51. The number of hydrogen-bond acceptors (Lipinski definition) is 5. The fourth-order valence-electron chi connectivity index (χ4n) is 1.42. The average molecular weight is 288 g/mol. The number of nitrogens with zero attached hydrogens (tertiary/aromatic N) is 1. The van der Waals surface area contributed by atoms with Gasteiger partial charge in [-0.25, -0.2) is 4.79 Å². The zero-order chi connectivity index (χ0) is 15.5. The lowest BCUT2D eigenvalue weighted by molar-refractivity contribution is -0.142. The minimum Gasteiger partial charge on any atom is -0.468 e. The molecule has 0 aromatic rings. The lowest BCUT2D eigenvalue weighted by Crippen LogP contribution is -2.41. The number of carbonyl (C=O) groups is 3. The van der Waals surface area contributed by atoms with Crippen molar-refractivity contribution in [2.45, 2.75) is 25.8 Å². The third-order valence-electron chi connectivity index (χ3n) is 2.67. The number of ether oxygens (including phenoxy) is 1. The first-order valence-corrected chi connectivity index (χ1v) is 6.51. The first kappa shape index (κ1) is 18.2. The van der Waals surface area contributed by atoms with Crippen molar-refractivity contribution in [3.8, 4) is 0 Å². The Labute approximate surface area is 119 Å². The predicted molar refractivity (Wildman–Crippen MR) is 73.9 cm³/mol. The highest BCUT2D eigenvalue weighted by Gasteiger charge is 2.17. The van der Waals surface area contributed by atoms with Crippen LogP contribution in [0.5, 0.6) is 0 Å². The van der Waals surface area contributed by atoms with E-state index in [4.69, 9.17) is 5.73 Å². The van der Waals surface area contributed by atoms with Gasteiger partial charge in [-0.1, -0.05) is 0 Å². The Bertz CT molecular complexity index is 335. The summed E-state index contributed by atoms with van der Waals surface area (Å²) in [5.41, 5.74) is 5.54. The average Bonchev–Trinajstić information content (AvgIpc) is 2.43. The molecule has 0 aliphatic carbocycles. The van der Waals surface area contributed by atoms with Crippen LogP contribution < -0.4 is 16.4 Å². The van der Waals surface area contributed by atoms with Crippen LogP contribution in [0.1, 0.15) is 19.8 Å². The topological polar surface area (TPSA) is 114 Å². The summed E-state index contributed by atoms with van der Waals surface area (Å²) in [6.07, 6.45) is 0.396. The Morgan fingerprint density at radius 2 is 1.95 bits per heavy atom. The first-order chi connectivity index (χ1) is 9.42. The maximum Gasteiger partial charge on any atom is 0.322 e. The van der Waals surface area contributed by atoms with Crippen molar-refractivity contribution in [1.82, 2.24) is 15.5 Å². The van der Waals surface area contributed by atoms with E-state index < -0.39 is 12.0 Å². The molecule has 1 atom stereocenters. The zero-order valence-corrected chi connectivity index (χ0v) is 12.3. The maximum atomic E-state index is 11.7. The van der Waals surface area contributed by atoms with E-state index in [9.17, 15) is 14.4 Å². The molecule has 0 aliphatic heterocycles.